The third kappa shape index (κ3) is 25.2. The zero-order valence-electron chi connectivity index (χ0n) is 23.8. The molecule has 8 nitrogen and oxygen atoms in total. The Morgan fingerprint density at radius 1 is 0.833 bits per heavy atom. The van der Waals surface area contributed by atoms with Crippen LogP contribution in [0.4, 0.5) is 0 Å². The monoisotopic (exact) mass is 536 g/mol. The van der Waals surface area contributed by atoms with E-state index in [1.807, 2.05) is 25.9 Å². The Hall–Kier alpha value is -0.500. The smallest absolute Gasteiger partial charge is 0.374 e. The van der Waals surface area contributed by atoms with Crippen molar-refractivity contribution in [1.29, 1.82) is 0 Å². The van der Waals surface area contributed by atoms with Gasteiger partial charge in [-0.05, 0) is 27.4 Å². The van der Waals surface area contributed by atoms with Crippen molar-refractivity contribution in [3.05, 3.63) is 0 Å². The minimum atomic E-state index is -4.14. The SMILES string of the molecule is CCCCCCCCCCCCCCCCCC(=O)NCC(COP(=O)(O)OCCN(C)C)OCC. The molecule has 0 heterocycles. The van der Waals surface area contributed by atoms with Gasteiger partial charge in [-0.15, -0.1) is 0 Å². The summed E-state index contributed by atoms with van der Waals surface area (Å²) < 4.78 is 27.5. The van der Waals surface area contributed by atoms with Crippen molar-refractivity contribution in [3.63, 3.8) is 0 Å². The quantitative estimate of drug-likeness (QED) is 0.0918. The number of phosphoric ester groups is 1. The summed E-state index contributed by atoms with van der Waals surface area (Å²) in [7, 11) is -0.446. The van der Waals surface area contributed by atoms with Crippen LogP contribution in [0.5, 0.6) is 0 Å². The summed E-state index contributed by atoms with van der Waals surface area (Å²) in [5, 5.41) is 2.85. The van der Waals surface area contributed by atoms with Crippen LogP contribution in [0.25, 0.3) is 0 Å². The molecule has 0 saturated heterocycles. The van der Waals surface area contributed by atoms with Crippen molar-refractivity contribution in [2.45, 2.75) is 123 Å². The van der Waals surface area contributed by atoms with Crippen molar-refractivity contribution in [3.8, 4) is 0 Å². The van der Waals surface area contributed by atoms with Gasteiger partial charge in [0.05, 0.1) is 19.3 Å². The number of hydrogen-bond donors (Lipinski definition) is 2. The molecule has 0 radical (unpaired) electrons. The summed E-state index contributed by atoms with van der Waals surface area (Å²) in [4.78, 5) is 23.8. The average Bonchev–Trinajstić information content (AvgIpc) is 2.83. The number of carbonyl (C=O) groups excluding carboxylic acids is 1. The van der Waals surface area contributed by atoms with Gasteiger partial charge in [0.15, 0.2) is 0 Å². The number of hydrogen-bond acceptors (Lipinski definition) is 6. The van der Waals surface area contributed by atoms with Crippen molar-refractivity contribution in [2.75, 3.05) is 47.0 Å². The first-order chi connectivity index (χ1) is 17.3. The van der Waals surface area contributed by atoms with Gasteiger partial charge in [-0.2, -0.15) is 0 Å². The summed E-state index contributed by atoms with van der Waals surface area (Å²) >= 11 is 0. The van der Waals surface area contributed by atoms with E-state index in [1.165, 1.54) is 83.5 Å². The molecule has 0 aromatic heterocycles. The highest BCUT2D eigenvalue weighted by molar-refractivity contribution is 7.47. The van der Waals surface area contributed by atoms with Crippen LogP contribution in [0.15, 0.2) is 0 Å². The Kier molecular flexibility index (Phi) is 24.5. The van der Waals surface area contributed by atoms with Gasteiger partial charge < -0.3 is 19.8 Å². The van der Waals surface area contributed by atoms with Gasteiger partial charge in [-0.1, -0.05) is 96.8 Å². The average molecular weight is 537 g/mol. The van der Waals surface area contributed by atoms with Gasteiger partial charge in [0.25, 0.3) is 0 Å². The van der Waals surface area contributed by atoms with Gasteiger partial charge in [0.1, 0.15) is 0 Å². The Labute approximate surface area is 221 Å². The van der Waals surface area contributed by atoms with E-state index in [1.54, 1.807) is 0 Å². The summed E-state index contributed by atoms with van der Waals surface area (Å²) in [6.07, 6.45) is 19.5. The molecule has 2 N–H and O–H groups in total. The first-order valence-electron chi connectivity index (χ1n) is 14.5. The fourth-order valence-electron chi connectivity index (χ4n) is 3.93. The Bertz CT molecular complexity index is 550. The Morgan fingerprint density at radius 3 is 1.81 bits per heavy atom. The molecule has 0 fully saturated rings. The lowest BCUT2D eigenvalue weighted by molar-refractivity contribution is -0.122. The van der Waals surface area contributed by atoms with Crippen LogP contribution in [0.3, 0.4) is 0 Å². The first-order valence-corrected chi connectivity index (χ1v) is 15.9. The molecule has 0 aliphatic heterocycles. The molecule has 0 saturated carbocycles. The molecule has 0 aromatic carbocycles. The molecule has 9 heteroatoms. The molecule has 0 spiro atoms. The third-order valence-corrected chi connectivity index (χ3v) is 7.14. The van der Waals surface area contributed by atoms with Crippen LogP contribution in [-0.2, 0) is 23.1 Å². The van der Waals surface area contributed by atoms with E-state index in [2.05, 4.69) is 12.2 Å². The fourth-order valence-corrected chi connectivity index (χ4v) is 4.67. The third-order valence-electron chi connectivity index (χ3n) is 6.15. The Morgan fingerprint density at radius 2 is 1.33 bits per heavy atom. The zero-order valence-corrected chi connectivity index (χ0v) is 24.7. The summed E-state index contributed by atoms with van der Waals surface area (Å²) in [5.74, 6) is -0.0242. The molecule has 0 bridgehead atoms. The lowest BCUT2D eigenvalue weighted by atomic mass is 10.0. The number of phosphoric acid groups is 1. The number of ether oxygens (including phenoxy) is 1. The molecule has 2 atom stereocenters. The normalized spacial score (nSPS) is 14.2. The van der Waals surface area contributed by atoms with Gasteiger partial charge in [0, 0.05) is 26.1 Å². The number of nitrogens with zero attached hydrogens (tertiary/aromatic N) is 1. The molecule has 36 heavy (non-hydrogen) atoms. The summed E-state index contributed by atoms with van der Waals surface area (Å²) in [6, 6.07) is 0. The highest BCUT2D eigenvalue weighted by Gasteiger charge is 2.23. The van der Waals surface area contributed by atoms with E-state index in [0.29, 0.717) is 19.6 Å². The van der Waals surface area contributed by atoms with Crippen molar-refractivity contribution in [2.24, 2.45) is 0 Å². The van der Waals surface area contributed by atoms with Crippen molar-refractivity contribution in [1.82, 2.24) is 10.2 Å². The number of likely N-dealkylation sites (N-methyl/N-ethyl adjacent to an activating group) is 1. The summed E-state index contributed by atoms with van der Waals surface area (Å²) in [6.45, 7) is 5.23. The maximum absolute atomic E-state index is 12.2. The van der Waals surface area contributed by atoms with Crippen LogP contribution in [0.1, 0.15) is 117 Å². The molecule has 0 aromatic rings. The van der Waals surface area contributed by atoms with Crippen molar-refractivity contribution >= 4 is 13.7 Å². The molecule has 2 unspecified atom stereocenters. The zero-order chi connectivity index (χ0) is 26.9. The summed E-state index contributed by atoms with van der Waals surface area (Å²) in [5.41, 5.74) is 0. The molecular formula is C27H57N2O6P. The highest BCUT2D eigenvalue weighted by atomic mass is 31.2. The molecular weight excluding hydrogens is 479 g/mol. The van der Waals surface area contributed by atoms with E-state index in [-0.39, 0.29) is 25.7 Å². The Balaban J connectivity index is 3.70. The van der Waals surface area contributed by atoms with Crippen molar-refractivity contribution < 1.29 is 28.0 Å². The minimum absolute atomic E-state index is 0.0242. The second-order valence-electron chi connectivity index (χ2n) is 9.98. The molecule has 0 rings (SSSR count). The molecule has 216 valence electrons. The van der Waals surface area contributed by atoms with Crippen LogP contribution < -0.4 is 5.32 Å². The van der Waals surface area contributed by atoms with Gasteiger partial charge in [-0.25, -0.2) is 4.57 Å². The topological polar surface area (TPSA) is 97.3 Å². The van der Waals surface area contributed by atoms with E-state index in [9.17, 15) is 14.3 Å². The van der Waals surface area contributed by atoms with Crippen LogP contribution in [0, 0.1) is 0 Å². The largest absolute Gasteiger partial charge is 0.472 e. The maximum Gasteiger partial charge on any atom is 0.472 e. The van der Waals surface area contributed by atoms with Crippen LogP contribution in [0.2, 0.25) is 0 Å². The number of nitrogens with one attached hydrogen (secondary N) is 1. The van der Waals surface area contributed by atoms with E-state index in [0.717, 1.165) is 12.8 Å². The number of amides is 1. The highest BCUT2D eigenvalue weighted by Crippen LogP contribution is 2.43. The number of carbonyl (C=O) groups is 1. The van der Waals surface area contributed by atoms with Crippen LogP contribution in [-0.4, -0.2) is 68.8 Å². The maximum atomic E-state index is 12.2. The molecule has 0 aliphatic rings. The second-order valence-corrected chi connectivity index (χ2v) is 11.4. The van der Waals surface area contributed by atoms with Gasteiger partial charge in [-0.3, -0.25) is 13.8 Å². The van der Waals surface area contributed by atoms with E-state index >= 15 is 0 Å². The predicted molar refractivity (Wildman–Crippen MR) is 148 cm³/mol. The lowest BCUT2D eigenvalue weighted by Crippen LogP contribution is -2.36. The standard InChI is InChI=1S/C27H57N2O6P/c1-5-7-8-9-10-11-12-13-14-15-16-17-18-19-20-21-27(30)28-24-26(33-6-2)25-35-36(31,32)34-23-22-29(3)4/h26H,5-25H2,1-4H3,(H,28,30)(H,31,32). The molecule has 0 aliphatic carbocycles. The first kappa shape index (κ1) is 35.5. The van der Waals surface area contributed by atoms with E-state index < -0.39 is 13.9 Å². The fraction of sp³-hybridized carbons (Fsp3) is 0.963. The minimum Gasteiger partial charge on any atom is -0.374 e. The van der Waals surface area contributed by atoms with Crippen LogP contribution >= 0.6 is 7.82 Å². The number of unbranched alkanes of at least 4 members (excludes halogenated alkanes) is 14. The van der Waals surface area contributed by atoms with Gasteiger partial charge >= 0.3 is 7.82 Å². The number of rotatable bonds is 27. The lowest BCUT2D eigenvalue weighted by Gasteiger charge is -2.20. The predicted octanol–water partition coefficient (Wildman–Crippen LogP) is 6.46. The van der Waals surface area contributed by atoms with Gasteiger partial charge in [0.2, 0.25) is 5.91 Å². The van der Waals surface area contributed by atoms with E-state index in [4.69, 9.17) is 13.8 Å². The molecule has 1 amide bonds. The second kappa shape index (κ2) is 24.8.